The van der Waals surface area contributed by atoms with Crippen molar-refractivity contribution in [1.82, 2.24) is 5.32 Å². The number of methoxy groups -OCH3 is 1. The Hall–Kier alpha value is -0.770. The second-order valence-corrected chi connectivity index (χ2v) is 2.98. The van der Waals surface area contributed by atoms with E-state index in [0.29, 0.717) is 18.7 Å². The Kier molecular flexibility index (Phi) is 6.32. The van der Waals surface area contributed by atoms with Gasteiger partial charge in [0.15, 0.2) is 0 Å². The van der Waals surface area contributed by atoms with Gasteiger partial charge in [0.2, 0.25) is 5.91 Å². The molecule has 0 radical (unpaired) electrons. The predicted octanol–water partition coefficient (Wildman–Crippen LogP) is 0.683. The molecule has 4 nitrogen and oxygen atoms in total. The first-order valence-electron chi connectivity index (χ1n) is 4.05. The number of carbonyl (C=O) groups excluding carboxylic acids is 2. The lowest BCUT2D eigenvalue weighted by Gasteiger charge is -2.10. The molecule has 0 aromatic heterocycles. The normalized spacial score (nSPS) is 11.9. The molecule has 0 saturated carbocycles. The summed E-state index contributed by atoms with van der Waals surface area (Å²) in [6.07, 6.45) is 0.951. The van der Waals surface area contributed by atoms with Crippen molar-refractivity contribution in [3.8, 4) is 0 Å². The molecule has 0 spiro atoms. The van der Waals surface area contributed by atoms with Crippen molar-refractivity contribution in [2.75, 3.05) is 13.0 Å². The molecule has 0 bridgehead atoms. The largest absolute Gasteiger partial charge is 0.467 e. The maximum absolute atomic E-state index is 11.1. The standard InChI is InChI=1S/C8H14ClNO3/c1-6(8(12)13-2)10-7(11)4-3-5-9/h6H,3-5H2,1-2H3,(H,10,11)/t6-/m0/s1. The van der Waals surface area contributed by atoms with Crippen molar-refractivity contribution in [2.45, 2.75) is 25.8 Å². The second-order valence-electron chi connectivity index (χ2n) is 2.60. The molecule has 5 heteroatoms. The van der Waals surface area contributed by atoms with E-state index in [4.69, 9.17) is 11.6 Å². The van der Waals surface area contributed by atoms with E-state index in [-0.39, 0.29) is 5.91 Å². The van der Waals surface area contributed by atoms with Crippen LogP contribution in [0.3, 0.4) is 0 Å². The van der Waals surface area contributed by atoms with Crippen molar-refractivity contribution in [2.24, 2.45) is 0 Å². The summed E-state index contributed by atoms with van der Waals surface area (Å²) in [7, 11) is 1.28. The summed E-state index contributed by atoms with van der Waals surface area (Å²) in [5.74, 6) is -0.183. The van der Waals surface area contributed by atoms with Gasteiger partial charge in [0, 0.05) is 12.3 Å². The molecule has 13 heavy (non-hydrogen) atoms. The topological polar surface area (TPSA) is 55.4 Å². The number of ether oxygens (including phenoxy) is 1. The monoisotopic (exact) mass is 207 g/mol. The van der Waals surface area contributed by atoms with E-state index < -0.39 is 12.0 Å². The highest BCUT2D eigenvalue weighted by atomic mass is 35.5. The van der Waals surface area contributed by atoms with E-state index in [0.717, 1.165) is 0 Å². The number of esters is 1. The predicted molar refractivity (Wildman–Crippen MR) is 49.6 cm³/mol. The second kappa shape index (κ2) is 6.71. The van der Waals surface area contributed by atoms with Crippen molar-refractivity contribution >= 4 is 23.5 Å². The molecule has 0 unspecified atom stereocenters. The first kappa shape index (κ1) is 12.2. The number of amides is 1. The maximum Gasteiger partial charge on any atom is 0.328 e. The first-order chi connectivity index (χ1) is 6.11. The molecule has 1 atom stereocenters. The van der Waals surface area contributed by atoms with Crippen LogP contribution in [-0.2, 0) is 14.3 Å². The van der Waals surface area contributed by atoms with E-state index in [9.17, 15) is 9.59 Å². The summed E-state index contributed by atoms with van der Waals surface area (Å²) < 4.78 is 4.44. The van der Waals surface area contributed by atoms with Gasteiger partial charge in [0.1, 0.15) is 6.04 Å². The van der Waals surface area contributed by atoms with Gasteiger partial charge in [-0.3, -0.25) is 4.79 Å². The minimum Gasteiger partial charge on any atom is -0.467 e. The quantitative estimate of drug-likeness (QED) is 0.533. The van der Waals surface area contributed by atoms with Gasteiger partial charge in [-0.2, -0.15) is 0 Å². The van der Waals surface area contributed by atoms with Gasteiger partial charge in [-0.05, 0) is 13.3 Å². The average Bonchev–Trinajstić information content (AvgIpc) is 2.13. The molecule has 0 fully saturated rings. The van der Waals surface area contributed by atoms with Gasteiger partial charge in [-0.25, -0.2) is 4.79 Å². The molecule has 0 rings (SSSR count). The maximum atomic E-state index is 11.1. The number of nitrogens with one attached hydrogen (secondary N) is 1. The smallest absolute Gasteiger partial charge is 0.328 e. The molecule has 76 valence electrons. The van der Waals surface area contributed by atoms with Crippen molar-refractivity contribution in [1.29, 1.82) is 0 Å². The molecular weight excluding hydrogens is 194 g/mol. The van der Waals surface area contributed by atoms with Crippen LogP contribution in [0.5, 0.6) is 0 Å². The highest BCUT2D eigenvalue weighted by Gasteiger charge is 2.14. The average molecular weight is 208 g/mol. The third-order valence-corrected chi connectivity index (χ3v) is 1.74. The van der Waals surface area contributed by atoms with Crippen LogP contribution in [0, 0.1) is 0 Å². The number of halogens is 1. The van der Waals surface area contributed by atoms with Crippen LogP contribution in [0.25, 0.3) is 0 Å². The van der Waals surface area contributed by atoms with E-state index >= 15 is 0 Å². The summed E-state index contributed by atoms with van der Waals surface area (Å²) in [5, 5.41) is 2.49. The summed E-state index contributed by atoms with van der Waals surface area (Å²) in [5.41, 5.74) is 0. The Morgan fingerprint density at radius 1 is 1.54 bits per heavy atom. The van der Waals surface area contributed by atoms with E-state index in [1.165, 1.54) is 7.11 Å². The van der Waals surface area contributed by atoms with Crippen LogP contribution < -0.4 is 5.32 Å². The third-order valence-electron chi connectivity index (χ3n) is 1.47. The van der Waals surface area contributed by atoms with E-state index in [1.54, 1.807) is 6.92 Å². The fourth-order valence-electron chi connectivity index (χ4n) is 0.777. The van der Waals surface area contributed by atoms with Gasteiger partial charge in [-0.15, -0.1) is 11.6 Å². The zero-order valence-electron chi connectivity index (χ0n) is 7.80. The van der Waals surface area contributed by atoms with Crippen LogP contribution in [0.15, 0.2) is 0 Å². The minimum atomic E-state index is -0.590. The number of hydrogen-bond donors (Lipinski definition) is 1. The SMILES string of the molecule is COC(=O)[C@H](C)NC(=O)CCCCl. The van der Waals surface area contributed by atoms with E-state index in [1.807, 2.05) is 0 Å². The molecule has 0 aliphatic carbocycles. The highest BCUT2D eigenvalue weighted by Crippen LogP contribution is 1.93. The van der Waals surface area contributed by atoms with Crippen LogP contribution in [0.4, 0.5) is 0 Å². The zero-order valence-corrected chi connectivity index (χ0v) is 8.56. The van der Waals surface area contributed by atoms with Crippen molar-refractivity contribution < 1.29 is 14.3 Å². The Balaban J connectivity index is 3.71. The Labute approximate surface area is 82.6 Å². The van der Waals surface area contributed by atoms with Gasteiger partial charge < -0.3 is 10.1 Å². The first-order valence-corrected chi connectivity index (χ1v) is 4.58. The molecular formula is C8H14ClNO3. The number of hydrogen-bond acceptors (Lipinski definition) is 3. The third kappa shape index (κ3) is 5.47. The summed E-state index contributed by atoms with van der Waals surface area (Å²) in [6, 6.07) is -0.590. The Bertz CT molecular complexity index is 184. The number of carbonyl (C=O) groups is 2. The molecule has 0 saturated heterocycles. The van der Waals surface area contributed by atoms with Gasteiger partial charge in [-0.1, -0.05) is 0 Å². The lowest BCUT2D eigenvalue weighted by molar-refractivity contribution is -0.144. The molecule has 0 aliphatic rings. The number of alkyl halides is 1. The molecule has 0 heterocycles. The molecule has 0 aromatic rings. The number of rotatable bonds is 5. The molecule has 1 N–H and O–H groups in total. The zero-order chi connectivity index (χ0) is 10.3. The molecule has 0 aromatic carbocycles. The lowest BCUT2D eigenvalue weighted by Crippen LogP contribution is -2.39. The summed E-state index contributed by atoms with van der Waals surface area (Å²) >= 11 is 5.40. The minimum absolute atomic E-state index is 0.182. The van der Waals surface area contributed by atoms with E-state index in [2.05, 4.69) is 10.1 Å². The van der Waals surface area contributed by atoms with Crippen molar-refractivity contribution in [3.05, 3.63) is 0 Å². The fraction of sp³-hybridized carbons (Fsp3) is 0.750. The lowest BCUT2D eigenvalue weighted by atomic mass is 10.3. The highest BCUT2D eigenvalue weighted by molar-refractivity contribution is 6.17. The van der Waals surface area contributed by atoms with Crippen LogP contribution in [0.1, 0.15) is 19.8 Å². The van der Waals surface area contributed by atoms with Gasteiger partial charge >= 0.3 is 5.97 Å². The van der Waals surface area contributed by atoms with Crippen molar-refractivity contribution in [3.63, 3.8) is 0 Å². The van der Waals surface area contributed by atoms with Crippen LogP contribution in [0.2, 0.25) is 0 Å². The Morgan fingerprint density at radius 3 is 2.62 bits per heavy atom. The van der Waals surface area contributed by atoms with Gasteiger partial charge in [0.25, 0.3) is 0 Å². The fourth-order valence-corrected chi connectivity index (χ4v) is 0.910. The van der Waals surface area contributed by atoms with Crippen LogP contribution in [-0.4, -0.2) is 30.9 Å². The molecule has 0 aliphatic heterocycles. The summed E-state index contributed by atoms with van der Waals surface area (Å²) in [4.78, 5) is 21.9. The van der Waals surface area contributed by atoms with Crippen LogP contribution >= 0.6 is 11.6 Å². The Morgan fingerprint density at radius 2 is 2.15 bits per heavy atom. The summed E-state index contributed by atoms with van der Waals surface area (Å²) in [6.45, 7) is 1.57. The molecule has 1 amide bonds. The van der Waals surface area contributed by atoms with Gasteiger partial charge in [0.05, 0.1) is 7.11 Å².